The molecule has 0 radical (unpaired) electrons. The van der Waals surface area contributed by atoms with Gasteiger partial charge in [-0.15, -0.1) is 0 Å². The minimum Gasteiger partial charge on any atom is -0.493 e. The van der Waals surface area contributed by atoms with Crippen LogP contribution in [0.2, 0.25) is 0 Å². The van der Waals surface area contributed by atoms with Gasteiger partial charge in [-0.2, -0.15) is 0 Å². The van der Waals surface area contributed by atoms with Gasteiger partial charge in [-0.3, -0.25) is 9.69 Å². The molecule has 1 fully saturated rings. The number of rotatable bonds is 3. The fraction of sp³-hybridized carbons (Fsp3) is 0.333. The number of benzene rings is 1. The largest absolute Gasteiger partial charge is 0.493 e. The smallest absolute Gasteiger partial charge is 0.276 e. The first-order valence-corrected chi connectivity index (χ1v) is 6.81. The standard InChI is InChI=1S/C15H18N2O3S/c1-9-6-12(19-4)13(20-5)8-10(9)7-11-14(18)17(3)15(21)16(11)2/h6-8H,1-5H3/b11-7-. The molecule has 0 saturated carbocycles. The van der Waals surface area contributed by atoms with Crippen LogP contribution >= 0.6 is 12.2 Å². The van der Waals surface area contributed by atoms with Crippen LogP contribution < -0.4 is 9.47 Å². The van der Waals surface area contributed by atoms with Crippen molar-refractivity contribution in [2.45, 2.75) is 6.92 Å². The fourth-order valence-corrected chi connectivity index (χ4v) is 2.37. The van der Waals surface area contributed by atoms with Crippen LogP contribution in [-0.2, 0) is 4.79 Å². The highest BCUT2D eigenvalue weighted by atomic mass is 32.1. The topological polar surface area (TPSA) is 42.0 Å². The summed E-state index contributed by atoms with van der Waals surface area (Å²) in [5.74, 6) is 1.17. The zero-order chi connectivity index (χ0) is 15.7. The number of hydrogen-bond acceptors (Lipinski definition) is 4. The van der Waals surface area contributed by atoms with E-state index in [1.807, 2.05) is 25.1 Å². The lowest BCUT2D eigenvalue weighted by Gasteiger charge is -2.13. The molecule has 112 valence electrons. The maximum atomic E-state index is 12.2. The van der Waals surface area contributed by atoms with E-state index in [2.05, 4.69) is 0 Å². The summed E-state index contributed by atoms with van der Waals surface area (Å²) in [5.41, 5.74) is 2.42. The van der Waals surface area contributed by atoms with Crippen molar-refractivity contribution in [3.63, 3.8) is 0 Å². The fourth-order valence-electron chi connectivity index (χ4n) is 2.19. The Morgan fingerprint density at radius 2 is 1.67 bits per heavy atom. The van der Waals surface area contributed by atoms with Crippen molar-refractivity contribution >= 4 is 29.3 Å². The Kier molecular flexibility index (Phi) is 4.18. The van der Waals surface area contributed by atoms with Crippen molar-refractivity contribution in [1.29, 1.82) is 0 Å². The van der Waals surface area contributed by atoms with Crippen LogP contribution in [0.25, 0.3) is 6.08 Å². The third kappa shape index (κ3) is 2.58. The number of likely N-dealkylation sites (N-methyl/N-ethyl adjacent to an activating group) is 2. The van der Waals surface area contributed by atoms with Crippen molar-refractivity contribution in [2.75, 3.05) is 28.3 Å². The molecule has 1 aliphatic heterocycles. The van der Waals surface area contributed by atoms with Crippen LogP contribution in [0.4, 0.5) is 0 Å². The van der Waals surface area contributed by atoms with Gasteiger partial charge in [0.05, 0.1) is 14.2 Å². The van der Waals surface area contributed by atoms with Crippen molar-refractivity contribution in [3.05, 3.63) is 29.0 Å². The van der Waals surface area contributed by atoms with E-state index in [-0.39, 0.29) is 5.91 Å². The number of carbonyl (C=O) groups is 1. The first-order chi connectivity index (χ1) is 9.90. The first kappa shape index (κ1) is 15.3. The van der Waals surface area contributed by atoms with E-state index >= 15 is 0 Å². The van der Waals surface area contributed by atoms with Gasteiger partial charge in [0.25, 0.3) is 5.91 Å². The number of methoxy groups -OCH3 is 2. The first-order valence-electron chi connectivity index (χ1n) is 6.40. The lowest BCUT2D eigenvalue weighted by molar-refractivity contribution is -0.121. The van der Waals surface area contributed by atoms with Gasteiger partial charge in [-0.05, 0) is 48.5 Å². The van der Waals surface area contributed by atoms with E-state index < -0.39 is 0 Å². The Morgan fingerprint density at radius 3 is 2.14 bits per heavy atom. The third-order valence-electron chi connectivity index (χ3n) is 3.52. The molecular formula is C15H18N2O3S. The molecule has 1 amide bonds. The van der Waals surface area contributed by atoms with Crippen LogP contribution in [0.5, 0.6) is 11.5 Å². The van der Waals surface area contributed by atoms with Crippen molar-refractivity contribution in [3.8, 4) is 11.5 Å². The van der Waals surface area contributed by atoms with Gasteiger partial charge in [0.15, 0.2) is 16.6 Å². The second kappa shape index (κ2) is 5.73. The predicted octanol–water partition coefficient (Wildman–Crippen LogP) is 2.04. The SMILES string of the molecule is COc1cc(C)c(/C=C2/C(=O)N(C)C(=S)N2C)cc1OC. The summed E-state index contributed by atoms with van der Waals surface area (Å²) in [4.78, 5) is 15.3. The van der Waals surface area contributed by atoms with Crippen LogP contribution in [-0.4, -0.2) is 49.1 Å². The molecule has 1 saturated heterocycles. The van der Waals surface area contributed by atoms with E-state index in [0.717, 1.165) is 11.1 Å². The lowest BCUT2D eigenvalue weighted by atomic mass is 10.1. The Morgan fingerprint density at radius 1 is 1.10 bits per heavy atom. The highest BCUT2D eigenvalue weighted by Crippen LogP contribution is 2.32. The van der Waals surface area contributed by atoms with Gasteiger partial charge in [-0.1, -0.05) is 0 Å². The Labute approximate surface area is 129 Å². The summed E-state index contributed by atoms with van der Waals surface area (Å²) < 4.78 is 10.6. The molecule has 2 rings (SSSR count). The van der Waals surface area contributed by atoms with Gasteiger partial charge in [0.1, 0.15) is 5.70 Å². The molecule has 0 aromatic heterocycles. The average Bonchev–Trinajstić information content (AvgIpc) is 2.66. The Bertz CT molecular complexity index is 640. The zero-order valence-electron chi connectivity index (χ0n) is 12.8. The summed E-state index contributed by atoms with van der Waals surface area (Å²) in [5, 5.41) is 0.490. The van der Waals surface area contributed by atoms with Crippen LogP contribution in [0, 0.1) is 6.92 Å². The minimum atomic E-state index is -0.114. The van der Waals surface area contributed by atoms with Gasteiger partial charge in [-0.25, -0.2) is 0 Å². The molecule has 1 heterocycles. The van der Waals surface area contributed by atoms with Gasteiger partial charge in [0.2, 0.25) is 0 Å². The predicted molar refractivity (Wildman–Crippen MR) is 85.4 cm³/mol. The van der Waals surface area contributed by atoms with Crippen LogP contribution in [0.3, 0.4) is 0 Å². The number of nitrogens with zero attached hydrogens (tertiary/aromatic N) is 2. The summed E-state index contributed by atoms with van der Waals surface area (Å²) in [6.45, 7) is 1.95. The van der Waals surface area contributed by atoms with Gasteiger partial charge < -0.3 is 14.4 Å². The van der Waals surface area contributed by atoms with E-state index in [1.54, 1.807) is 33.2 Å². The zero-order valence-corrected chi connectivity index (χ0v) is 13.6. The summed E-state index contributed by atoms with van der Waals surface area (Å²) in [6.07, 6.45) is 1.81. The number of aryl methyl sites for hydroxylation is 1. The van der Waals surface area contributed by atoms with Gasteiger partial charge in [0, 0.05) is 14.1 Å². The van der Waals surface area contributed by atoms with Crippen molar-refractivity contribution in [2.24, 2.45) is 0 Å². The summed E-state index contributed by atoms with van der Waals surface area (Å²) in [6, 6.07) is 3.73. The molecule has 0 unspecified atom stereocenters. The third-order valence-corrected chi connectivity index (χ3v) is 4.07. The molecular weight excluding hydrogens is 288 g/mol. The lowest BCUT2D eigenvalue weighted by Crippen LogP contribution is -2.26. The van der Waals surface area contributed by atoms with Crippen LogP contribution in [0.15, 0.2) is 17.8 Å². The van der Waals surface area contributed by atoms with Gasteiger partial charge >= 0.3 is 0 Å². The molecule has 0 spiro atoms. The van der Waals surface area contributed by atoms with E-state index in [9.17, 15) is 4.79 Å². The molecule has 0 aliphatic carbocycles. The van der Waals surface area contributed by atoms with Crippen molar-refractivity contribution < 1.29 is 14.3 Å². The van der Waals surface area contributed by atoms with E-state index in [4.69, 9.17) is 21.7 Å². The highest BCUT2D eigenvalue weighted by molar-refractivity contribution is 7.80. The van der Waals surface area contributed by atoms with E-state index in [1.165, 1.54) is 4.90 Å². The minimum absolute atomic E-state index is 0.114. The van der Waals surface area contributed by atoms with E-state index in [0.29, 0.717) is 22.3 Å². The molecule has 0 N–H and O–H groups in total. The van der Waals surface area contributed by atoms with Crippen LogP contribution in [0.1, 0.15) is 11.1 Å². The molecule has 6 heteroatoms. The average molecular weight is 306 g/mol. The quantitative estimate of drug-likeness (QED) is 0.631. The molecule has 0 bridgehead atoms. The normalized spacial score (nSPS) is 16.9. The summed E-state index contributed by atoms with van der Waals surface area (Å²) >= 11 is 5.20. The summed E-state index contributed by atoms with van der Waals surface area (Å²) in [7, 11) is 6.63. The molecule has 21 heavy (non-hydrogen) atoms. The number of carbonyl (C=O) groups excluding carboxylic acids is 1. The number of ether oxygens (including phenoxy) is 2. The molecule has 1 aromatic carbocycles. The maximum absolute atomic E-state index is 12.2. The second-order valence-corrected chi connectivity index (χ2v) is 5.16. The number of hydrogen-bond donors (Lipinski definition) is 0. The monoisotopic (exact) mass is 306 g/mol. The number of thiocarbonyl (C=S) groups is 1. The molecule has 1 aromatic rings. The maximum Gasteiger partial charge on any atom is 0.276 e. The molecule has 1 aliphatic rings. The van der Waals surface area contributed by atoms with Crippen molar-refractivity contribution in [1.82, 2.24) is 9.80 Å². The Balaban J connectivity index is 2.50. The molecule has 0 atom stereocenters. The number of amides is 1. The Hall–Kier alpha value is -2.08. The second-order valence-electron chi connectivity index (χ2n) is 4.80. The highest BCUT2D eigenvalue weighted by Gasteiger charge is 2.32. The molecule has 5 nitrogen and oxygen atoms in total.